The van der Waals surface area contributed by atoms with E-state index in [2.05, 4.69) is 10.1 Å². The standard InChI is InChI=1S/C20H19F2NO5/c1-13(24)17(10-14-6-3-2-4-7-14)23-18(25)12-27-19(26)15-8-5-9-16(11-15)28-20(21)22/h2-9,11,17,20H,10,12H2,1H3,(H,23,25)/t17-/m0/s1. The second-order valence-corrected chi connectivity index (χ2v) is 5.90. The largest absolute Gasteiger partial charge is 0.452 e. The van der Waals surface area contributed by atoms with Crippen molar-refractivity contribution in [3.8, 4) is 5.75 Å². The Morgan fingerprint density at radius 1 is 1.04 bits per heavy atom. The number of carbonyl (C=O) groups is 3. The van der Waals surface area contributed by atoms with Gasteiger partial charge in [-0.2, -0.15) is 8.78 Å². The number of Topliss-reactive ketones (excluding diaryl/α,β-unsaturated/α-hetero) is 1. The lowest BCUT2D eigenvalue weighted by Gasteiger charge is -2.16. The van der Waals surface area contributed by atoms with Crippen molar-refractivity contribution in [1.82, 2.24) is 5.32 Å². The van der Waals surface area contributed by atoms with Crippen LogP contribution >= 0.6 is 0 Å². The minimum absolute atomic E-state index is 0.0432. The van der Waals surface area contributed by atoms with Gasteiger partial charge in [-0.15, -0.1) is 0 Å². The predicted molar refractivity (Wildman–Crippen MR) is 96.1 cm³/mol. The summed E-state index contributed by atoms with van der Waals surface area (Å²) in [5, 5.41) is 2.52. The van der Waals surface area contributed by atoms with Crippen molar-refractivity contribution in [3.63, 3.8) is 0 Å². The van der Waals surface area contributed by atoms with Crippen LogP contribution in [0, 0.1) is 0 Å². The molecule has 1 amide bonds. The van der Waals surface area contributed by atoms with Gasteiger partial charge in [-0.3, -0.25) is 9.59 Å². The van der Waals surface area contributed by atoms with Crippen LogP contribution in [0.1, 0.15) is 22.8 Å². The molecule has 0 fully saturated rings. The average molecular weight is 391 g/mol. The molecule has 0 aliphatic rings. The van der Waals surface area contributed by atoms with E-state index in [-0.39, 0.29) is 17.1 Å². The molecule has 6 nitrogen and oxygen atoms in total. The third-order valence-corrected chi connectivity index (χ3v) is 3.74. The maximum atomic E-state index is 12.2. The molecule has 0 saturated carbocycles. The van der Waals surface area contributed by atoms with Crippen LogP contribution in [0.2, 0.25) is 0 Å². The zero-order valence-electron chi connectivity index (χ0n) is 15.1. The van der Waals surface area contributed by atoms with Crippen LogP contribution in [0.3, 0.4) is 0 Å². The monoisotopic (exact) mass is 391 g/mol. The smallest absolute Gasteiger partial charge is 0.387 e. The molecule has 0 aromatic heterocycles. The van der Waals surface area contributed by atoms with Gasteiger partial charge in [0.1, 0.15) is 5.75 Å². The number of hydrogen-bond acceptors (Lipinski definition) is 5. The van der Waals surface area contributed by atoms with Gasteiger partial charge in [0, 0.05) is 0 Å². The summed E-state index contributed by atoms with van der Waals surface area (Å²) < 4.78 is 33.5. The van der Waals surface area contributed by atoms with Gasteiger partial charge >= 0.3 is 12.6 Å². The third-order valence-electron chi connectivity index (χ3n) is 3.74. The van der Waals surface area contributed by atoms with E-state index in [1.807, 2.05) is 30.3 Å². The third kappa shape index (κ3) is 6.79. The summed E-state index contributed by atoms with van der Waals surface area (Å²) in [5.74, 6) is -1.96. The quantitative estimate of drug-likeness (QED) is 0.665. The first-order valence-electron chi connectivity index (χ1n) is 8.41. The van der Waals surface area contributed by atoms with E-state index in [0.29, 0.717) is 6.42 Å². The Kier molecular flexibility index (Phi) is 7.62. The number of ether oxygens (including phenoxy) is 2. The Morgan fingerprint density at radius 2 is 1.75 bits per heavy atom. The minimum atomic E-state index is -3.02. The highest BCUT2D eigenvalue weighted by molar-refractivity contribution is 5.93. The fraction of sp³-hybridized carbons (Fsp3) is 0.250. The number of esters is 1. The highest BCUT2D eigenvalue weighted by Crippen LogP contribution is 2.16. The Bertz CT molecular complexity index is 826. The molecule has 0 aliphatic carbocycles. The van der Waals surface area contributed by atoms with E-state index in [1.54, 1.807) is 0 Å². The van der Waals surface area contributed by atoms with Gasteiger partial charge in [0.05, 0.1) is 11.6 Å². The average Bonchev–Trinajstić information content (AvgIpc) is 2.66. The molecular weight excluding hydrogens is 372 g/mol. The summed E-state index contributed by atoms with van der Waals surface area (Å²) in [6.07, 6.45) is 0.308. The first-order valence-corrected chi connectivity index (χ1v) is 8.41. The Balaban J connectivity index is 1.89. The molecule has 0 bridgehead atoms. The maximum absolute atomic E-state index is 12.2. The molecule has 8 heteroatoms. The van der Waals surface area contributed by atoms with E-state index in [1.165, 1.54) is 25.1 Å². The molecule has 0 radical (unpaired) electrons. The van der Waals surface area contributed by atoms with Crippen molar-refractivity contribution in [2.75, 3.05) is 6.61 Å². The zero-order valence-corrected chi connectivity index (χ0v) is 15.1. The topological polar surface area (TPSA) is 81.7 Å². The fourth-order valence-electron chi connectivity index (χ4n) is 2.40. The number of alkyl halides is 2. The van der Waals surface area contributed by atoms with Crippen LogP contribution in [0.5, 0.6) is 5.75 Å². The van der Waals surface area contributed by atoms with Crippen LogP contribution in [0.25, 0.3) is 0 Å². The van der Waals surface area contributed by atoms with E-state index in [4.69, 9.17) is 4.74 Å². The summed E-state index contributed by atoms with van der Waals surface area (Å²) in [7, 11) is 0. The zero-order chi connectivity index (χ0) is 20.5. The van der Waals surface area contributed by atoms with Crippen molar-refractivity contribution >= 4 is 17.7 Å². The van der Waals surface area contributed by atoms with E-state index in [9.17, 15) is 23.2 Å². The van der Waals surface area contributed by atoms with Crippen molar-refractivity contribution in [3.05, 3.63) is 65.7 Å². The van der Waals surface area contributed by atoms with Gasteiger partial charge in [0.15, 0.2) is 12.4 Å². The molecule has 0 unspecified atom stereocenters. The molecule has 1 N–H and O–H groups in total. The summed E-state index contributed by atoms with van der Waals surface area (Å²) >= 11 is 0. The molecule has 2 rings (SSSR count). The first kappa shape index (κ1) is 21.0. The predicted octanol–water partition coefficient (Wildman–Crippen LogP) is 2.76. The Labute approximate surface area is 160 Å². The van der Waals surface area contributed by atoms with Crippen LogP contribution < -0.4 is 10.1 Å². The van der Waals surface area contributed by atoms with E-state index < -0.39 is 31.1 Å². The van der Waals surface area contributed by atoms with Gasteiger partial charge in [0.25, 0.3) is 5.91 Å². The fourth-order valence-corrected chi connectivity index (χ4v) is 2.40. The molecule has 0 spiro atoms. The highest BCUT2D eigenvalue weighted by atomic mass is 19.3. The molecule has 0 heterocycles. The van der Waals surface area contributed by atoms with Crippen molar-refractivity contribution < 1.29 is 32.6 Å². The minimum Gasteiger partial charge on any atom is -0.452 e. The molecule has 1 atom stereocenters. The van der Waals surface area contributed by atoms with Crippen LogP contribution in [0.15, 0.2) is 54.6 Å². The van der Waals surface area contributed by atoms with E-state index >= 15 is 0 Å². The summed E-state index contributed by atoms with van der Waals surface area (Å²) in [6.45, 7) is -2.28. The number of rotatable bonds is 9. The number of benzene rings is 2. The maximum Gasteiger partial charge on any atom is 0.387 e. The number of nitrogens with one attached hydrogen (secondary N) is 1. The summed E-state index contributed by atoms with van der Waals surface area (Å²) in [5.41, 5.74) is 0.828. The highest BCUT2D eigenvalue weighted by Gasteiger charge is 2.19. The second-order valence-electron chi connectivity index (χ2n) is 5.90. The van der Waals surface area contributed by atoms with Crippen molar-refractivity contribution in [1.29, 1.82) is 0 Å². The van der Waals surface area contributed by atoms with Crippen molar-refractivity contribution in [2.45, 2.75) is 26.0 Å². The summed E-state index contributed by atoms with van der Waals surface area (Å²) in [4.78, 5) is 35.8. The van der Waals surface area contributed by atoms with Crippen LogP contribution in [0.4, 0.5) is 8.78 Å². The van der Waals surface area contributed by atoms with Crippen molar-refractivity contribution in [2.24, 2.45) is 0 Å². The lowest BCUT2D eigenvalue weighted by Crippen LogP contribution is -2.43. The number of amides is 1. The summed E-state index contributed by atoms with van der Waals surface area (Å²) in [6, 6.07) is 13.4. The number of halogens is 2. The van der Waals surface area contributed by atoms with Gasteiger partial charge in [-0.25, -0.2) is 4.79 Å². The van der Waals surface area contributed by atoms with Gasteiger partial charge in [-0.1, -0.05) is 36.4 Å². The molecule has 0 saturated heterocycles. The molecule has 2 aromatic carbocycles. The molecular formula is C20H19F2NO5. The SMILES string of the molecule is CC(=O)[C@H](Cc1ccccc1)NC(=O)COC(=O)c1cccc(OC(F)F)c1. The molecule has 0 aliphatic heterocycles. The van der Waals surface area contributed by atoms with Crippen LogP contribution in [-0.2, 0) is 20.7 Å². The number of hydrogen-bond donors (Lipinski definition) is 1. The number of ketones is 1. The lowest BCUT2D eigenvalue weighted by molar-refractivity contribution is -0.128. The van der Waals surface area contributed by atoms with E-state index in [0.717, 1.165) is 11.6 Å². The molecule has 148 valence electrons. The molecule has 28 heavy (non-hydrogen) atoms. The Morgan fingerprint density at radius 3 is 2.39 bits per heavy atom. The Hall–Kier alpha value is -3.29. The first-order chi connectivity index (χ1) is 13.3. The van der Waals surface area contributed by atoms with Gasteiger partial charge < -0.3 is 14.8 Å². The second kappa shape index (κ2) is 10.1. The van der Waals surface area contributed by atoms with Gasteiger partial charge in [-0.05, 0) is 37.1 Å². The number of carbonyl (C=O) groups excluding carboxylic acids is 3. The van der Waals surface area contributed by atoms with Crippen LogP contribution in [-0.4, -0.2) is 36.9 Å². The van der Waals surface area contributed by atoms with Gasteiger partial charge in [0.2, 0.25) is 0 Å². The lowest BCUT2D eigenvalue weighted by atomic mass is 10.0. The molecule has 2 aromatic rings. The normalized spacial score (nSPS) is 11.6.